The lowest BCUT2D eigenvalue weighted by Crippen LogP contribution is -2.42. The molecule has 1 aliphatic carbocycles. The summed E-state index contributed by atoms with van der Waals surface area (Å²) in [5.74, 6) is 4.44. The summed E-state index contributed by atoms with van der Waals surface area (Å²) in [6.07, 6.45) is 11.8. The molecule has 2 aromatic heterocycles. The maximum absolute atomic E-state index is 12.1. The fraction of sp³-hybridized carbons (Fsp3) is 0.583. The van der Waals surface area contributed by atoms with E-state index in [4.69, 9.17) is 11.6 Å². The highest BCUT2D eigenvalue weighted by Gasteiger charge is 2.43. The maximum atomic E-state index is 12.1. The first kappa shape index (κ1) is 21.4. The van der Waals surface area contributed by atoms with Gasteiger partial charge in [-0.15, -0.1) is 0 Å². The zero-order chi connectivity index (χ0) is 21.9. The van der Waals surface area contributed by atoms with Crippen LogP contribution >= 0.6 is 11.6 Å². The lowest BCUT2D eigenvalue weighted by Gasteiger charge is -2.32. The number of rotatable bonds is 8. The second-order valence-electron chi connectivity index (χ2n) is 9.36. The van der Waals surface area contributed by atoms with E-state index in [9.17, 15) is 4.79 Å². The third-order valence-corrected chi connectivity index (χ3v) is 7.42. The summed E-state index contributed by atoms with van der Waals surface area (Å²) in [4.78, 5) is 29.5. The number of nitrogens with zero attached hydrogens (tertiary/aromatic N) is 5. The first-order valence-electron chi connectivity index (χ1n) is 11.8. The molecule has 2 aromatic rings. The maximum Gasteiger partial charge on any atom is 0.227 e. The van der Waals surface area contributed by atoms with E-state index < -0.39 is 0 Å². The van der Waals surface area contributed by atoms with Crippen molar-refractivity contribution >= 4 is 29.3 Å². The highest BCUT2D eigenvalue weighted by atomic mass is 35.5. The molecule has 2 atom stereocenters. The van der Waals surface area contributed by atoms with Crippen molar-refractivity contribution in [3.63, 3.8) is 0 Å². The number of hydrogen-bond donors (Lipinski definition) is 1. The Labute approximate surface area is 194 Å². The number of carbonyl (C=O) groups excluding carboxylic acids is 1. The second kappa shape index (κ2) is 9.61. The average Bonchev–Trinajstić information content (AvgIpc) is 3.54. The zero-order valence-electron chi connectivity index (χ0n) is 18.4. The number of amides is 1. The quantitative estimate of drug-likeness (QED) is 0.656. The number of anilines is 2. The number of nitrogens with one attached hydrogen (secondary N) is 1. The molecular weight excluding hydrogens is 424 g/mol. The van der Waals surface area contributed by atoms with Crippen LogP contribution in [0, 0.1) is 17.8 Å². The van der Waals surface area contributed by atoms with Gasteiger partial charge in [0.1, 0.15) is 5.82 Å². The van der Waals surface area contributed by atoms with Crippen LogP contribution in [0.5, 0.6) is 0 Å². The second-order valence-corrected chi connectivity index (χ2v) is 9.80. The van der Waals surface area contributed by atoms with Crippen LogP contribution in [0.15, 0.2) is 30.7 Å². The minimum atomic E-state index is 0.213. The Kier molecular flexibility index (Phi) is 6.44. The van der Waals surface area contributed by atoms with Gasteiger partial charge in [-0.1, -0.05) is 17.7 Å². The molecule has 3 aliphatic rings. The number of hydrogen-bond acceptors (Lipinski definition) is 6. The van der Waals surface area contributed by atoms with E-state index in [-0.39, 0.29) is 5.91 Å². The number of piperidine rings is 1. The molecule has 170 valence electrons. The summed E-state index contributed by atoms with van der Waals surface area (Å²) in [5, 5.41) is 4.04. The van der Waals surface area contributed by atoms with Crippen molar-refractivity contribution < 1.29 is 4.79 Å². The SMILES string of the molecule is O=C(Cc1ccc(NCCC2CC2C2CCN(c3ncc(Cl)cn3)CC2)nc1)N1CCC1. The Hall–Kier alpha value is -2.41. The number of carbonyl (C=O) groups is 1. The first-order chi connectivity index (χ1) is 15.7. The highest BCUT2D eigenvalue weighted by molar-refractivity contribution is 6.30. The van der Waals surface area contributed by atoms with E-state index >= 15 is 0 Å². The van der Waals surface area contributed by atoms with Crippen molar-refractivity contribution in [1.29, 1.82) is 0 Å². The van der Waals surface area contributed by atoms with Crippen molar-refractivity contribution in [2.45, 2.75) is 38.5 Å². The van der Waals surface area contributed by atoms with Crippen LogP contribution < -0.4 is 10.2 Å². The molecule has 32 heavy (non-hydrogen) atoms. The summed E-state index contributed by atoms with van der Waals surface area (Å²) in [6.45, 7) is 4.83. The Balaban J connectivity index is 0.997. The lowest BCUT2D eigenvalue weighted by atomic mass is 9.90. The molecule has 0 bridgehead atoms. The van der Waals surface area contributed by atoms with Gasteiger partial charge in [-0.2, -0.15) is 0 Å². The monoisotopic (exact) mass is 454 g/mol. The third kappa shape index (κ3) is 5.14. The summed E-state index contributed by atoms with van der Waals surface area (Å²) >= 11 is 5.90. The van der Waals surface area contributed by atoms with Crippen LogP contribution in [0.25, 0.3) is 0 Å². The van der Waals surface area contributed by atoms with Crippen molar-refractivity contribution in [2.24, 2.45) is 17.8 Å². The van der Waals surface area contributed by atoms with Gasteiger partial charge < -0.3 is 15.1 Å². The third-order valence-electron chi connectivity index (χ3n) is 7.22. The van der Waals surface area contributed by atoms with Crippen LogP contribution in [0.1, 0.15) is 37.7 Å². The van der Waals surface area contributed by atoms with Gasteiger partial charge in [0.2, 0.25) is 11.9 Å². The summed E-state index contributed by atoms with van der Waals surface area (Å²) in [6, 6.07) is 4.02. The van der Waals surface area contributed by atoms with Gasteiger partial charge in [0.15, 0.2) is 0 Å². The molecule has 1 N–H and O–H groups in total. The minimum Gasteiger partial charge on any atom is -0.370 e. The lowest BCUT2D eigenvalue weighted by molar-refractivity contribution is -0.133. The van der Waals surface area contributed by atoms with E-state index in [1.54, 1.807) is 12.4 Å². The van der Waals surface area contributed by atoms with Gasteiger partial charge in [0, 0.05) is 38.9 Å². The summed E-state index contributed by atoms with van der Waals surface area (Å²) in [7, 11) is 0. The molecule has 7 nitrogen and oxygen atoms in total. The molecule has 2 saturated heterocycles. The van der Waals surface area contributed by atoms with Gasteiger partial charge in [-0.25, -0.2) is 15.0 Å². The van der Waals surface area contributed by atoms with Crippen molar-refractivity contribution in [1.82, 2.24) is 19.9 Å². The molecule has 8 heteroatoms. The molecule has 5 rings (SSSR count). The predicted octanol–water partition coefficient (Wildman–Crippen LogP) is 3.65. The molecular formula is C24H31ClN6O. The summed E-state index contributed by atoms with van der Waals surface area (Å²) in [5.41, 5.74) is 0.991. The van der Waals surface area contributed by atoms with E-state index in [0.717, 1.165) is 74.2 Å². The molecule has 2 unspecified atom stereocenters. The fourth-order valence-corrected chi connectivity index (χ4v) is 5.15. The summed E-state index contributed by atoms with van der Waals surface area (Å²) < 4.78 is 0. The standard InChI is InChI=1S/C24H31ClN6O/c25-20-15-28-24(29-16-20)31-10-5-18(6-11-31)21-13-19(21)4-7-26-22-3-2-17(14-27-22)12-23(32)30-8-1-9-30/h2-3,14-16,18-19,21H,1,4-13H2,(H,26,27). The normalized spacial score (nSPS) is 23.0. The molecule has 0 aromatic carbocycles. The Morgan fingerprint density at radius 3 is 2.50 bits per heavy atom. The van der Waals surface area contributed by atoms with Gasteiger partial charge in [0.25, 0.3) is 0 Å². The van der Waals surface area contributed by atoms with Gasteiger partial charge in [-0.3, -0.25) is 4.79 Å². The van der Waals surface area contributed by atoms with E-state index in [0.29, 0.717) is 11.4 Å². The molecule has 1 amide bonds. The highest BCUT2D eigenvalue weighted by Crippen LogP contribution is 2.49. The first-order valence-corrected chi connectivity index (χ1v) is 12.2. The molecule has 3 fully saturated rings. The number of likely N-dealkylation sites (tertiary alicyclic amines) is 1. The number of halogens is 1. The van der Waals surface area contributed by atoms with Crippen LogP contribution in [0.2, 0.25) is 5.02 Å². The number of aromatic nitrogens is 3. The average molecular weight is 455 g/mol. The van der Waals surface area contributed by atoms with Crippen LogP contribution in [-0.4, -0.2) is 58.5 Å². The zero-order valence-corrected chi connectivity index (χ0v) is 19.2. The van der Waals surface area contributed by atoms with E-state index in [2.05, 4.69) is 25.2 Å². The molecule has 0 radical (unpaired) electrons. The predicted molar refractivity (Wildman–Crippen MR) is 126 cm³/mol. The van der Waals surface area contributed by atoms with Crippen LogP contribution in [0.4, 0.5) is 11.8 Å². The molecule has 0 spiro atoms. The molecule has 2 aliphatic heterocycles. The van der Waals surface area contributed by atoms with Crippen LogP contribution in [-0.2, 0) is 11.2 Å². The van der Waals surface area contributed by atoms with Crippen molar-refractivity contribution in [2.75, 3.05) is 42.9 Å². The van der Waals surface area contributed by atoms with Crippen molar-refractivity contribution in [3.8, 4) is 0 Å². The number of pyridine rings is 1. The Morgan fingerprint density at radius 1 is 1.06 bits per heavy atom. The van der Waals surface area contributed by atoms with Crippen molar-refractivity contribution in [3.05, 3.63) is 41.3 Å². The minimum absolute atomic E-state index is 0.213. The van der Waals surface area contributed by atoms with E-state index in [1.807, 2.05) is 23.2 Å². The molecule has 4 heterocycles. The largest absolute Gasteiger partial charge is 0.370 e. The molecule has 1 saturated carbocycles. The van der Waals surface area contributed by atoms with Gasteiger partial charge in [0.05, 0.1) is 23.8 Å². The fourth-order valence-electron chi connectivity index (χ4n) is 5.05. The van der Waals surface area contributed by atoms with Crippen LogP contribution in [0.3, 0.4) is 0 Å². The Morgan fingerprint density at radius 2 is 1.84 bits per heavy atom. The Bertz CT molecular complexity index is 909. The topological polar surface area (TPSA) is 74.2 Å². The van der Waals surface area contributed by atoms with E-state index in [1.165, 1.54) is 25.7 Å². The van der Waals surface area contributed by atoms with Gasteiger partial charge >= 0.3 is 0 Å². The smallest absolute Gasteiger partial charge is 0.227 e. The van der Waals surface area contributed by atoms with Gasteiger partial charge in [-0.05, 0) is 61.5 Å².